The van der Waals surface area contributed by atoms with Crippen LogP contribution in [0.15, 0.2) is 53.4 Å². The van der Waals surface area contributed by atoms with Gasteiger partial charge in [-0.3, -0.25) is 4.79 Å². The van der Waals surface area contributed by atoms with Crippen LogP contribution in [0.25, 0.3) is 11.4 Å². The minimum Gasteiger partial charge on any atom is -0.322 e. The van der Waals surface area contributed by atoms with Gasteiger partial charge in [0.15, 0.2) is 5.82 Å². The molecule has 36 heavy (non-hydrogen) atoms. The standard InChI is InChI=1S/C27H33N5O3S/c1-19-15-20(2)18-31(17-19)36(34,35)24-8-6-7-22(16-24)27(33)28-23-12-10-21(11-13-23)26-30-29-25-9-4-3-5-14-32(25)26/h6-8,10-13,16,19-20H,3-5,9,14-15,17-18H2,1-2H3,(H,28,33). The summed E-state index contributed by atoms with van der Waals surface area (Å²) in [6.07, 6.45) is 5.43. The highest BCUT2D eigenvalue weighted by Gasteiger charge is 2.32. The van der Waals surface area contributed by atoms with Gasteiger partial charge in [0.1, 0.15) is 5.82 Å². The van der Waals surface area contributed by atoms with Crippen molar-refractivity contribution in [3.05, 3.63) is 59.9 Å². The van der Waals surface area contributed by atoms with Crippen LogP contribution in [-0.2, 0) is 23.0 Å². The van der Waals surface area contributed by atoms with Crippen molar-refractivity contribution in [1.29, 1.82) is 0 Å². The summed E-state index contributed by atoms with van der Waals surface area (Å²) in [4.78, 5) is 13.1. The van der Waals surface area contributed by atoms with Crippen LogP contribution in [-0.4, -0.2) is 46.5 Å². The molecule has 0 bridgehead atoms. The molecule has 1 fully saturated rings. The zero-order valence-electron chi connectivity index (χ0n) is 20.9. The Morgan fingerprint density at radius 1 is 0.972 bits per heavy atom. The summed E-state index contributed by atoms with van der Waals surface area (Å²) < 4.78 is 30.3. The number of carbonyl (C=O) groups excluding carboxylic acids is 1. The molecule has 0 spiro atoms. The van der Waals surface area contributed by atoms with Crippen molar-refractivity contribution in [2.75, 3.05) is 18.4 Å². The van der Waals surface area contributed by atoms with E-state index < -0.39 is 10.0 Å². The molecule has 3 heterocycles. The molecule has 190 valence electrons. The number of benzene rings is 2. The van der Waals surface area contributed by atoms with E-state index in [9.17, 15) is 13.2 Å². The Balaban J connectivity index is 1.30. The lowest BCUT2D eigenvalue weighted by atomic mass is 9.94. The van der Waals surface area contributed by atoms with E-state index in [0.717, 1.165) is 49.4 Å². The zero-order valence-corrected chi connectivity index (χ0v) is 21.7. The second kappa shape index (κ2) is 10.1. The molecular formula is C27H33N5O3S. The van der Waals surface area contributed by atoms with Crippen LogP contribution in [0.2, 0.25) is 0 Å². The summed E-state index contributed by atoms with van der Waals surface area (Å²) in [7, 11) is -3.66. The van der Waals surface area contributed by atoms with Crippen LogP contribution in [0.4, 0.5) is 5.69 Å². The van der Waals surface area contributed by atoms with Gasteiger partial charge in [-0.1, -0.05) is 26.3 Å². The third-order valence-corrected chi connectivity index (χ3v) is 8.91. The second-order valence-corrected chi connectivity index (χ2v) is 12.2. The Morgan fingerprint density at radius 3 is 2.47 bits per heavy atom. The maximum absolute atomic E-state index is 13.3. The maximum atomic E-state index is 13.3. The Labute approximate surface area is 212 Å². The van der Waals surface area contributed by atoms with Gasteiger partial charge in [0, 0.05) is 42.9 Å². The number of nitrogens with one attached hydrogen (secondary N) is 1. The number of rotatable bonds is 5. The average molecular weight is 508 g/mol. The van der Waals surface area contributed by atoms with E-state index in [-0.39, 0.29) is 10.8 Å². The summed E-state index contributed by atoms with van der Waals surface area (Å²) in [5, 5.41) is 11.6. The van der Waals surface area contributed by atoms with Crippen LogP contribution in [0.5, 0.6) is 0 Å². The van der Waals surface area contributed by atoms with Gasteiger partial charge < -0.3 is 9.88 Å². The number of sulfonamides is 1. The highest BCUT2D eigenvalue weighted by molar-refractivity contribution is 7.89. The predicted molar refractivity (Wildman–Crippen MR) is 139 cm³/mol. The molecule has 2 unspecified atom stereocenters. The van der Waals surface area contributed by atoms with Crippen LogP contribution in [0, 0.1) is 11.8 Å². The van der Waals surface area contributed by atoms with E-state index in [2.05, 4.69) is 33.9 Å². The van der Waals surface area contributed by atoms with Gasteiger partial charge in [0.05, 0.1) is 4.90 Å². The molecule has 3 aromatic rings. The van der Waals surface area contributed by atoms with E-state index in [4.69, 9.17) is 0 Å². The molecule has 2 atom stereocenters. The topological polar surface area (TPSA) is 97.2 Å². The molecule has 8 nitrogen and oxygen atoms in total. The van der Waals surface area contributed by atoms with Crippen molar-refractivity contribution < 1.29 is 13.2 Å². The zero-order chi connectivity index (χ0) is 25.3. The molecule has 5 rings (SSSR count). The van der Waals surface area contributed by atoms with Gasteiger partial charge in [-0.05, 0) is 73.6 Å². The first-order valence-corrected chi connectivity index (χ1v) is 14.2. The molecule has 9 heteroatoms. The van der Waals surface area contributed by atoms with E-state index >= 15 is 0 Å². The molecule has 1 amide bonds. The smallest absolute Gasteiger partial charge is 0.255 e. The lowest BCUT2D eigenvalue weighted by Gasteiger charge is -2.34. The summed E-state index contributed by atoms with van der Waals surface area (Å²) in [6.45, 7) is 6.08. The first-order valence-electron chi connectivity index (χ1n) is 12.8. The molecule has 1 aromatic heterocycles. The van der Waals surface area contributed by atoms with Crippen LogP contribution in [0.1, 0.15) is 55.7 Å². The molecular weight excluding hydrogens is 474 g/mol. The first-order chi connectivity index (χ1) is 17.3. The number of fused-ring (bicyclic) bond motifs is 1. The summed E-state index contributed by atoms with van der Waals surface area (Å²) >= 11 is 0. The van der Waals surface area contributed by atoms with Gasteiger partial charge in [-0.2, -0.15) is 4.31 Å². The molecule has 2 aromatic carbocycles. The van der Waals surface area contributed by atoms with Gasteiger partial charge >= 0.3 is 0 Å². The number of amides is 1. The molecule has 0 aliphatic carbocycles. The van der Waals surface area contributed by atoms with E-state index in [1.807, 2.05) is 24.3 Å². The van der Waals surface area contributed by atoms with E-state index in [1.54, 1.807) is 22.5 Å². The average Bonchev–Trinajstić information content (AvgIpc) is 3.11. The van der Waals surface area contributed by atoms with Crippen molar-refractivity contribution in [3.63, 3.8) is 0 Å². The van der Waals surface area contributed by atoms with Crippen LogP contribution >= 0.6 is 0 Å². The van der Waals surface area contributed by atoms with Crippen molar-refractivity contribution in [1.82, 2.24) is 19.1 Å². The molecule has 1 N–H and O–H groups in total. The monoisotopic (exact) mass is 507 g/mol. The number of nitrogens with zero attached hydrogens (tertiary/aromatic N) is 4. The third-order valence-electron chi connectivity index (χ3n) is 7.08. The SMILES string of the molecule is CC1CC(C)CN(S(=O)(=O)c2cccc(C(=O)Nc3ccc(-c4nnc5n4CCCCC5)cc3)c2)C1. The largest absolute Gasteiger partial charge is 0.322 e. The van der Waals surface area contributed by atoms with Gasteiger partial charge in [0.2, 0.25) is 10.0 Å². The Morgan fingerprint density at radius 2 is 1.72 bits per heavy atom. The van der Waals surface area contributed by atoms with Gasteiger partial charge in [-0.15, -0.1) is 10.2 Å². The highest BCUT2D eigenvalue weighted by atomic mass is 32.2. The minimum atomic E-state index is -3.66. The Bertz CT molecular complexity index is 1340. The van der Waals surface area contributed by atoms with Crippen LogP contribution in [0.3, 0.4) is 0 Å². The Hall–Kier alpha value is -3.04. The summed E-state index contributed by atoms with van der Waals surface area (Å²) in [6, 6.07) is 13.8. The normalized spacial score (nSPS) is 20.9. The fourth-order valence-corrected chi connectivity index (χ4v) is 7.08. The predicted octanol–water partition coefficient (Wildman–Crippen LogP) is 4.59. The first kappa shape index (κ1) is 24.6. The van der Waals surface area contributed by atoms with E-state index in [0.29, 0.717) is 36.2 Å². The number of carbonyl (C=O) groups is 1. The highest BCUT2D eigenvalue weighted by Crippen LogP contribution is 2.28. The number of hydrogen-bond donors (Lipinski definition) is 1. The fraction of sp³-hybridized carbons (Fsp3) is 0.444. The third kappa shape index (κ3) is 5.08. The molecule has 2 aliphatic rings. The lowest BCUT2D eigenvalue weighted by Crippen LogP contribution is -2.42. The number of hydrogen-bond acceptors (Lipinski definition) is 5. The quantitative estimate of drug-likeness (QED) is 0.545. The lowest BCUT2D eigenvalue weighted by molar-refractivity contribution is 0.102. The van der Waals surface area contributed by atoms with Gasteiger partial charge in [-0.25, -0.2) is 8.42 Å². The van der Waals surface area contributed by atoms with Crippen molar-refractivity contribution in [3.8, 4) is 11.4 Å². The molecule has 0 saturated carbocycles. The second-order valence-electron chi connectivity index (χ2n) is 10.2. The molecule has 2 aliphatic heterocycles. The van der Waals surface area contributed by atoms with Crippen LogP contribution < -0.4 is 5.32 Å². The van der Waals surface area contributed by atoms with Crippen molar-refractivity contribution in [2.24, 2.45) is 11.8 Å². The van der Waals surface area contributed by atoms with Crippen molar-refractivity contribution >= 4 is 21.6 Å². The number of aromatic nitrogens is 3. The summed E-state index contributed by atoms with van der Waals surface area (Å²) in [5.41, 5.74) is 1.89. The van der Waals surface area contributed by atoms with Crippen molar-refractivity contribution in [2.45, 2.75) is 57.4 Å². The van der Waals surface area contributed by atoms with Gasteiger partial charge in [0.25, 0.3) is 5.91 Å². The molecule has 1 saturated heterocycles. The fourth-order valence-electron chi connectivity index (χ4n) is 5.35. The summed E-state index contributed by atoms with van der Waals surface area (Å²) in [5.74, 6) is 2.15. The number of piperidine rings is 1. The molecule has 0 radical (unpaired) electrons. The number of anilines is 1. The van der Waals surface area contributed by atoms with E-state index in [1.165, 1.54) is 12.5 Å². The number of aryl methyl sites for hydroxylation is 1. The minimum absolute atomic E-state index is 0.152. The maximum Gasteiger partial charge on any atom is 0.255 e. The Kier molecular flexibility index (Phi) is 6.94.